The van der Waals surface area contributed by atoms with Gasteiger partial charge in [-0.25, -0.2) is 14.6 Å². The van der Waals surface area contributed by atoms with E-state index >= 15 is 0 Å². The first kappa shape index (κ1) is 32.5. The number of hydrogen-bond acceptors (Lipinski definition) is 12. The summed E-state index contributed by atoms with van der Waals surface area (Å²) in [6.07, 6.45) is 15.6. The molecular formula is C35H40ClN11O3. The van der Waals surface area contributed by atoms with Crippen LogP contribution in [-0.4, -0.2) is 87.3 Å². The fraction of sp³-hybridized carbons (Fsp3) is 0.457. The molecule has 1 N–H and O–H groups in total. The maximum Gasteiger partial charge on any atom is 0.257 e. The van der Waals surface area contributed by atoms with Gasteiger partial charge in [-0.05, 0) is 85.7 Å². The fourth-order valence-electron chi connectivity index (χ4n) is 7.47. The van der Waals surface area contributed by atoms with Gasteiger partial charge in [-0.1, -0.05) is 23.7 Å². The van der Waals surface area contributed by atoms with Crippen molar-refractivity contribution < 1.29 is 14.2 Å². The smallest absolute Gasteiger partial charge is 0.257 e. The molecule has 14 nitrogen and oxygen atoms in total. The lowest BCUT2D eigenvalue weighted by Crippen LogP contribution is -2.52. The van der Waals surface area contributed by atoms with Crippen molar-refractivity contribution in [3.05, 3.63) is 78.2 Å². The van der Waals surface area contributed by atoms with Crippen LogP contribution < -0.4 is 14.8 Å². The van der Waals surface area contributed by atoms with Crippen LogP contribution in [0.3, 0.4) is 0 Å². The molecule has 2 saturated heterocycles. The third kappa shape index (κ3) is 7.28. The van der Waals surface area contributed by atoms with Gasteiger partial charge < -0.3 is 19.5 Å². The van der Waals surface area contributed by atoms with Crippen molar-refractivity contribution in [1.82, 2.24) is 49.8 Å². The average Bonchev–Trinajstić information content (AvgIpc) is 3.87. The SMILES string of the molecule is CC(Cn1cnnn1)Oc1cc(-c2cnc(Nc3cn(C4CCC(N5[C@@H]6CC[C@H]5COC6)CC4)nc3OCc3ccccn3)nc2)ccc1Cl. The summed E-state index contributed by atoms with van der Waals surface area (Å²) in [5.41, 5.74) is 3.22. The highest BCUT2D eigenvalue weighted by molar-refractivity contribution is 6.32. The molecule has 2 aliphatic heterocycles. The number of benzene rings is 1. The van der Waals surface area contributed by atoms with E-state index in [1.807, 2.05) is 43.5 Å². The molecule has 5 aromatic rings. The van der Waals surface area contributed by atoms with E-state index in [4.69, 9.17) is 30.9 Å². The maximum absolute atomic E-state index is 6.48. The van der Waals surface area contributed by atoms with Crippen molar-refractivity contribution in [2.75, 3.05) is 18.5 Å². The molecule has 3 fully saturated rings. The summed E-state index contributed by atoms with van der Waals surface area (Å²) in [6.45, 7) is 4.47. The molecule has 50 heavy (non-hydrogen) atoms. The number of morpholine rings is 1. The van der Waals surface area contributed by atoms with E-state index < -0.39 is 0 Å². The second kappa shape index (κ2) is 14.7. The second-order valence-electron chi connectivity index (χ2n) is 13.3. The number of hydrogen-bond donors (Lipinski definition) is 1. The number of fused-ring (bicyclic) bond motifs is 2. The minimum Gasteiger partial charge on any atom is -0.487 e. The molecular weight excluding hydrogens is 658 g/mol. The van der Waals surface area contributed by atoms with Gasteiger partial charge in [-0.3, -0.25) is 14.6 Å². The Kier molecular flexibility index (Phi) is 9.55. The predicted octanol–water partition coefficient (Wildman–Crippen LogP) is 5.51. The van der Waals surface area contributed by atoms with Gasteiger partial charge in [0.2, 0.25) is 5.95 Å². The maximum atomic E-state index is 6.48. The molecule has 1 aliphatic carbocycles. The van der Waals surface area contributed by atoms with Crippen LogP contribution >= 0.6 is 11.6 Å². The molecule has 0 amide bonds. The number of pyridine rings is 1. The number of rotatable bonds is 12. The molecule has 8 rings (SSSR count). The summed E-state index contributed by atoms with van der Waals surface area (Å²) < 4.78 is 21.9. The molecule has 0 spiro atoms. The van der Waals surface area contributed by atoms with E-state index in [1.165, 1.54) is 12.8 Å². The average molecular weight is 698 g/mol. The first-order chi connectivity index (χ1) is 24.6. The minimum absolute atomic E-state index is 0.209. The zero-order chi connectivity index (χ0) is 33.9. The Morgan fingerprint density at radius 3 is 2.46 bits per heavy atom. The van der Waals surface area contributed by atoms with Gasteiger partial charge in [0.05, 0.1) is 42.7 Å². The fourth-order valence-corrected chi connectivity index (χ4v) is 7.64. The van der Waals surface area contributed by atoms with E-state index in [0.717, 1.165) is 55.7 Å². The first-order valence-electron chi connectivity index (χ1n) is 17.3. The third-order valence-electron chi connectivity index (χ3n) is 9.87. The number of anilines is 2. The summed E-state index contributed by atoms with van der Waals surface area (Å²) in [5.74, 6) is 1.48. The zero-order valence-corrected chi connectivity index (χ0v) is 28.6. The lowest BCUT2D eigenvalue weighted by Gasteiger charge is -2.43. The highest BCUT2D eigenvalue weighted by atomic mass is 35.5. The van der Waals surface area contributed by atoms with Crippen LogP contribution in [-0.2, 0) is 17.9 Å². The number of halogens is 1. The van der Waals surface area contributed by atoms with Crippen LogP contribution in [0.15, 0.2) is 67.5 Å². The molecule has 6 heterocycles. The second-order valence-corrected chi connectivity index (χ2v) is 13.7. The van der Waals surface area contributed by atoms with Gasteiger partial charge in [-0.2, -0.15) is 0 Å². The highest BCUT2D eigenvalue weighted by Crippen LogP contribution is 2.40. The van der Waals surface area contributed by atoms with Crippen molar-refractivity contribution in [1.29, 1.82) is 0 Å². The quantitative estimate of drug-likeness (QED) is 0.176. The Labute approximate surface area is 295 Å². The topological polar surface area (TPSA) is 143 Å². The van der Waals surface area contributed by atoms with Gasteiger partial charge in [0, 0.05) is 42.3 Å². The molecule has 0 radical (unpaired) electrons. The van der Waals surface area contributed by atoms with E-state index in [2.05, 4.69) is 45.4 Å². The molecule has 260 valence electrons. The molecule has 3 atom stereocenters. The van der Waals surface area contributed by atoms with Crippen LogP contribution in [0.1, 0.15) is 57.2 Å². The van der Waals surface area contributed by atoms with Crippen molar-refractivity contribution >= 4 is 23.2 Å². The lowest BCUT2D eigenvalue weighted by molar-refractivity contribution is -0.0458. The van der Waals surface area contributed by atoms with Crippen LogP contribution in [0.4, 0.5) is 11.6 Å². The van der Waals surface area contributed by atoms with Crippen LogP contribution in [0.2, 0.25) is 5.02 Å². The number of nitrogens with zero attached hydrogens (tertiary/aromatic N) is 10. The van der Waals surface area contributed by atoms with Crippen molar-refractivity contribution in [3.8, 4) is 22.8 Å². The number of tetrazole rings is 1. The van der Waals surface area contributed by atoms with Crippen molar-refractivity contribution in [2.45, 2.75) is 88.9 Å². The monoisotopic (exact) mass is 697 g/mol. The number of nitrogens with one attached hydrogen (secondary N) is 1. The third-order valence-corrected chi connectivity index (χ3v) is 10.2. The Hall–Kier alpha value is -4.66. The van der Waals surface area contributed by atoms with Crippen LogP contribution in [0.25, 0.3) is 11.1 Å². The molecule has 2 bridgehead atoms. The van der Waals surface area contributed by atoms with E-state index in [-0.39, 0.29) is 12.1 Å². The van der Waals surface area contributed by atoms with Gasteiger partial charge >= 0.3 is 0 Å². The standard InChI is InChI=1S/C35H40ClN11O3/c1-23(17-45-22-40-43-44-45)50-33-14-24(5-12-31(33)36)25-15-38-35(39-16-25)41-32-18-46(42-34(32)49-19-26-4-2-3-13-37-26)27-6-8-28(9-7-27)47-29-10-11-30(47)21-48-20-29/h2-5,12-16,18,22-23,27-30H,6-11,17,19-21H2,1H3,(H,38,39,41)/t23?,27?,28?,29-,30+. The predicted molar refractivity (Wildman–Crippen MR) is 185 cm³/mol. The number of ether oxygens (including phenoxy) is 3. The largest absolute Gasteiger partial charge is 0.487 e. The van der Waals surface area contributed by atoms with E-state index in [1.54, 1.807) is 35.7 Å². The summed E-state index contributed by atoms with van der Waals surface area (Å²) in [7, 11) is 0. The van der Waals surface area contributed by atoms with Gasteiger partial charge in [0.25, 0.3) is 5.88 Å². The van der Waals surface area contributed by atoms with Crippen LogP contribution in [0.5, 0.6) is 11.6 Å². The van der Waals surface area contributed by atoms with Crippen molar-refractivity contribution in [3.63, 3.8) is 0 Å². The van der Waals surface area contributed by atoms with Crippen molar-refractivity contribution in [2.24, 2.45) is 0 Å². The van der Waals surface area contributed by atoms with Gasteiger partial charge in [-0.15, -0.1) is 10.2 Å². The Morgan fingerprint density at radius 1 is 0.940 bits per heavy atom. The van der Waals surface area contributed by atoms with Gasteiger partial charge in [0.1, 0.15) is 30.5 Å². The summed E-state index contributed by atoms with van der Waals surface area (Å²) >= 11 is 6.48. The molecule has 15 heteroatoms. The highest BCUT2D eigenvalue weighted by Gasteiger charge is 2.42. The Bertz CT molecular complexity index is 1830. The van der Waals surface area contributed by atoms with Gasteiger partial charge in [0.15, 0.2) is 0 Å². The molecule has 1 saturated carbocycles. The Morgan fingerprint density at radius 2 is 1.72 bits per heavy atom. The molecule has 4 aromatic heterocycles. The van der Waals surface area contributed by atoms with E-state index in [0.29, 0.717) is 59.6 Å². The first-order valence-corrected chi connectivity index (χ1v) is 17.7. The van der Waals surface area contributed by atoms with Crippen LogP contribution in [0, 0.1) is 0 Å². The minimum atomic E-state index is -0.209. The summed E-state index contributed by atoms with van der Waals surface area (Å²) in [5, 5.41) is 20.0. The number of aromatic nitrogens is 9. The molecule has 1 aromatic carbocycles. The summed E-state index contributed by atoms with van der Waals surface area (Å²) in [4.78, 5) is 16.5. The molecule has 1 unspecified atom stereocenters. The lowest BCUT2D eigenvalue weighted by atomic mass is 9.89. The normalized spacial score (nSPS) is 22.7. The zero-order valence-electron chi connectivity index (χ0n) is 27.9. The summed E-state index contributed by atoms with van der Waals surface area (Å²) in [6, 6.07) is 13.5. The Balaban J connectivity index is 0.958. The van der Waals surface area contributed by atoms with E-state index in [9.17, 15) is 0 Å². The molecule has 3 aliphatic rings.